The molecule has 2 amide bonds. The average molecular weight is 330 g/mol. The van der Waals surface area contributed by atoms with E-state index in [0.29, 0.717) is 23.6 Å². The smallest absolute Gasteiger partial charge is 0.257 e. The van der Waals surface area contributed by atoms with Crippen LogP contribution in [0.15, 0.2) is 18.2 Å². The van der Waals surface area contributed by atoms with Gasteiger partial charge in [0.1, 0.15) is 5.75 Å². The van der Waals surface area contributed by atoms with Crippen molar-refractivity contribution in [1.29, 1.82) is 0 Å². The average Bonchev–Trinajstić information content (AvgIpc) is 2.53. The maximum atomic E-state index is 13.0. The predicted molar refractivity (Wildman–Crippen MR) is 93.3 cm³/mol. The van der Waals surface area contributed by atoms with Crippen molar-refractivity contribution in [1.82, 2.24) is 4.90 Å². The number of rotatable bonds is 1. The van der Waals surface area contributed by atoms with Gasteiger partial charge >= 0.3 is 0 Å². The lowest BCUT2D eigenvalue weighted by Crippen LogP contribution is -2.45. The number of fused-ring (bicyclic) bond motifs is 2. The molecule has 0 aliphatic carbocycles. The zero-order chi connectivity index (χ0) is 17.3. The van der Waals surface area contributed by atoms with Crippen LogP contribution in [0.5, 0.6) is 5.75 Å². The topological polar surface area (TPSA) is 58.6 Å². The van der Waals surface area contributed by atoms with E-state index in [-0.39, 0.29) is 17.9 Å². The molecule has 2 aliphatic heterocycles. The number of anilines is 1. The van der Waals surface area contributed by atoms with Crippen LogP contribution < -0.4 is 10.1 Å². The maximum absolute atomic E-state index is 13.0. The van der Waals surface area contributed by atoms with Crippen molar-refractivity contribution in [2.75, 3.05) is 18.5 Å². The van der Waals surface area contributed by atoms with Gasteiger partial charge in [-0.15, -0.1) is 0 Å². The van der Waals surface area contributed by atoms with Gasteiger partial charge in [0.15, 0.2) is 0 Å². The van der Waals surface area contributed by atoms with E-state index in [1.54, 1.807) is 18.2 Å². The summed E-state index contributed by atoms with van der Waals surface area (Å²) < 4.78 is 5.81. The molecule has 1 unspecified atom stereocenters. The van der Waals surface area contributed by atoms with Crippen molar-refractivity contribution >= 4 is 17.5 Å². The molecule has 0 bridgehead atoms. The van der Waals surface area contributed by atoms with Crippen LogP contribution in [0.1, 0.15) is 56.8 Å². The normalized spacial score (nSPS) is 21.0. The van der Waals surface area contributed by atoms with E-state index in [1.807, 2.05) is 25.7 Å². The summed E-state index contributed by atoms with van der Waals surface area (Å²) in [4.78, 5) is 27.2. The second kappa shape index (κ2) is 6.46. The number of amides is 2. The molecule has 0 saturated carbocycles. The molecule has 1 atom stereocenters. The van der Waals surface area contributed by atoms with Crippen LogP contribution in [-0.2, 0) is 4.79 Å². The van der Waals surface area contributed by atoms with Gasteiger partial charge in [0.25, 0.3) is 5.91 Å². The Bertz CT molecular complexity index is 649. The highest BCUT2D eigenvalue weighted by molar-refractivity contribution is 6.00. The van der Waals surface area contributed by atoms with Gasteiger partial charge in [0.05, 0.1) is 12.2 Å². The molecule has 1 aromatic carbocycles. The molecular formula is C19H26N2O3. The first kappa shape index (κ1) is 16.8. The molecule has 2 aliphatic rings. The van der Waals surface area contributed by atoms with Crippen molar-refractivity contribution in [3.05, 3.63) is 23.8 Å². The Morgan fingerprint density at radius 2 is 2.04 bits per heavy atom. The van der Waals surface area contributed by atoms with Crippen LogP contribution in [-0.4, -0.2) is 35.9 Å². The molecule has 3 rings (SSSR count). The molecule has 0 radical (unpaired) electrons. The number of carbonyl (C=O) groups is 2. The van der Waals surface area contributed by atoms with Gasteiger partial charge in [0, 0.05) is 30.1 Å². The molecular weight excluding hydrogens is 304 g/mol. The van der Waals surface area contributed by atoms with Gasteiger partial charge in [-0.1, -0.05) is 20.8 Å². The summed E-state index contributed by atoms with van der Waals surface area (Å²) in [6.07, 6.45) is 4.15. The third kappa shape index (κ3) is 3.40. The SMILES string of the molecule is CC(C)(C)C(=O)Nc1ccc2c(c1)C(=O)N1CCCCC1CCO2. The number of carbonyl (C=O) groups excluding carboxylic acids is 2. The Hall–Kier alpha value is -2.04. The standard InChI is InChI=1S/C19H26N2O3/c1-19(2,3)18(23)20-13-7-8-16-15(12-13)17(22)21-10-5-4-6-14(21)9-11-24-16/h7-8,12,14H,4-6,9-11H2,1-3H3,(H,20,23). The predicted octanol–water partition coefficient (Wildman–Crippen LogP) is 3.45. The van der Waals surface area contributed by atoms with Crippen molar-refractivity contribution in [2.24, 2.45) is 5.41 Å². The minimum Gasteiger partial charge on any atom is -0.493 e. The molecule has 1 N–H and O–H groups in total. The van der Waals surface area contributed by atoms with E-state index < -0.39 is 5.41 Å². The molecule has 5 heteroatoms. The third-order valence-electron chi connectivity index (χ3n) is 4.75. The molecule has 1 aromatic rings. The Labute approximate surface area is 143 Å². The first-order valence-electron chi connectivity index (χ1n) is 8.75. The van der Waals surface area contributed by atoms with Gasteiger partial charge in [-0.2, -0.15) is 0 Å². The number of benzene rings is 1. The summed E-state index contributed by atoms with van der Waals surface area (Å²) >= 11 is 0. The summed E-state index contributed by atoms with van der Waals surface area (Å²) in [5.74, 6) is 0.552. The number of piperidine rings is 1. The van der Waals surface area contributed by atoms with Gasteiger partial charge in [-0.25, -0.2) is 0 Å². The second-order valence-corrected chi connectivity index (χ2v) is 7.70. The molecule has 1 fully saturated rings. The summed E-state index contributed by atoms with van der Waals surface area (Å²) in [6.45, 7) is 7.02. The molecule has 130 valence electrons. The molecule has 24 heavy (non-hydrogen) atoms. The largest absolute Gasteiger partial charge is 0.493 e. The van der Waals surface area contributed by atoms with Crippen molar-refractivity contribution < 1.29 is 14.3 Å². The summed E-state index contributed by atoms with van der Waals surface area (Å²) in [6, 6.07) is 5.60. The summed E-state index contributed by atoms with van der Waals surface area (Å²) in [5.41, 5.74) is 0.705. The van der Waals surface area contributed by atoms with Gasteiger partial charge < -0.3 is 15.0 Å². The van der Waals surface area contributed by atoms with E-state index in [1.165, 1.54) is 6.42 Å². The van der Waals surface area contributed by atoms with Gasteiger partial charge in [-0.05, 0) is 37.5 Å². The van der Waals surface area contributed by atoms with E-state index in [2.05, 4.69) is 5.32 Å². The fraction of sp³-hybridized carbons (Fsp3) is 0.579. The van der Waals surface area contributed by atoms with Crippen LogP contribution in [0, 0.1) is 5.41 Å². The third-order valence-corrected chi connectivity index (χ3v) is 4.75. The number of nitrogens with one attached hydrogen (secondary N) is 1. The number of hydrogen-bond acceptors (Lipinski definition) is 3. The second-order valence-electron chi connectivity index (χ2n) is 7.70. The zero-order valence-corrected chi connectivity index (χ0v) is 14.7. The van der Waals surface area contributed by atoms with Crippen LogP contribution >= 0.6 is 0 Å². The first-order chi connectivity index (χ1) is 11.4. The molecule has 1 saturated heterocycles. The Morgan fingerprint density at radius 1 is 1.25 bits per heavy atom. The fourth-order valence-electron chi connectivity index (χ4n) is 3.25. The van der Waals surface area contributed by atoms with E-state index in [4.69, 9.17) is 4.74 Å². The highest BCUT2D eigenvalue weighted by atomic mass is 16.5. The molecule has 5 nitrogen and oxygen atoms in total. The molecule has 0 spiro atoms. The lowest BCUT2D eigenvalue weighted by molar-refractivity contribution is -0.123. The van der Waals surface area contributed by atoms with Crippen molar-refractivity contribution in [2.45, 2.75) is 52.5 Å². The van der Waals surface area contributed by atoms with Crippen LogP contribution in [0.25, 0.3) is 0 Å². The minimum atomic E-state index is -0.483. The van der Waals surface area contributed by atoms with E-state index in [0.717, 1.165) is 25.8 Å². The monoisotopic (exact) mass is 330 g/mol. The van der Waals surface area contributed by atoms with Crippen molar-refractivity contribution in [3.63, 3.8) is 0 Å². The van der Waals surface area contributed by atoms with Gasteiger partial charge in [-0.3, -0.25) is 9.59 Å². The highest BCUT2D eigenvalue weighted by Crippen LogP contribution is 2.31. The number of ether oxygens (including phenoxy) is 1. The summed E-state index contributed by atoms with van der Waals surface area (Å²) in [5, 5.41) is 2.90. The van der Waals surface area contributed by atoms with Crippen LogP contribution in [0.2, 0.25) is 0 Å². The maximum Gasteiger partial charge on any atom is 0.257 e. The van der Waals surface area contributed by atoms with E-state index in [9.17, 15) is 9.59 Å². The zero-order valence-electron chi connectivity index (χ0n) is 14.7. The van der Waals surface area contributed by atoms with Gasteiger partial charge in [0.2, 0.25) is 5.91 Å². The number of hydrogen-bond donors (Lipinski definition) is 1. The fourth-order valence-corrected chi connectivity index (χ4v) is 3.25. The quantitative estimate of drug-likeness (QED) is 0.858. The lowest BCUT2D eigenvalue weighted by atomic mass is 9.95. The Morgan fingerprint density at radius 3 is 2.79 bits per heavy atom. The lowest BCUT2D eigenvalue weighted by Gasteiger charge is -2.37. The first-order valence-corrected chi connectivity index (χ1v) is 8.75. The van der Waals surface area contributed by atoms with Crippen LogP contribution in [0.3, 0.4) is 0 Å². The van der Waals surface area contributed by atoms with E-state index >= 15 is 0 Å². The van der Waals surface area contributed by atoms with Crippen molar-refractivity contribution in [3.8, 4) is 5.75 Å². The Kier molecular flexibility index (Phi) is 4.52. The molecule has 0 aromatic heterocycles. The van der Waals surface area contributed by atoms with Crippen LogP contribution in [0.4, 0.5) is 5.69 Å². The highest BCUT2D eigenvalue weighted by Gasteiger charge is 2.31. The minimum absolute atomic E-state index is 0.0151. The number of nitrogens with zero attached hydrogens (tertiary/aromatic N) is 1. The summed E-state index contributed by atoms with van der Waals surface area (Å²) in [7, 11) is 0. The Balaban J connectivity index is 1.89. The molecule has 2 heterocycles.